The van der Waals surface area contributed by atoms with Crippen molar-refractivity contribution in [3.63, 3.8) is 0 Å². The predicted octanol–water partition coefficient (Wildman–Crippen LogP) is 1.84. The molecule has 1 saturated carbocycles. The molecule has 0 bridgehead atoms. The molecule has 1 amide bonds. The van der Waals surface area contributed by atoms with Crippen molar-refractivity contribution >= 4 is 31.7 Å². The molecule has 110 valence electrons. The first-order valence-electron chi connectivity index (χ1n) is 6.72. The average molecular weight is 361 g/mol. The summed E-state index contributed by atoms with van der Waals surface area (Å²) in [4.78, 5) is 14.2. The molecule has 0 radical (unpaired) electrons. The Morgan fingerprint density at radius 1 is 1.40 bits per heavy atom. The second kappa shape index (κ2) is 4.87. The van der Waals surface area contributed by atoms with E-state index in [9.17, 15) is 13.2 Å². The van der Waals surface area contributed by atoms with Gasteiger partial charge in [-0.15, -0.1) is 0 Å². The Bertz CT molecular complexity index is 649. The average Bonchev–Trinajstić information content (AvgIpc) is 3.06. The summed E-state index contributed by atoms with van der Waals surface area (Å²) in [6.07, 6.45) is 4.67. The van der Waals surface area contributed by atoms with Crippen molar-refractivity contribution in [2.75, 3.05) is 18.6 Å². The first kappa shape index (κ1) is 14.1. The highest BCUT2D eigenvalue weighted by Gasteiger charge is 2.35. The summed E-state index contributed by atoms with van der Waals surface area (Å²) in [5.41, 5.74) is 0.645. The van der Waals surface area contributed by atoms with Crippen LogP contribution in [0.4, 0.5) is 0 Å². The van der Waals surface area contributed by atoms with Crippen LogP contribution in [0.3, 0.4) is 0 Å². The molecule has 2 aliphatic rings. The van der Waals surface area contributed by atoms with Gasteiger partial charge in [-0.1, -0.05) is 0 Å². The summed E-state index contributed by atoms with van der Waals surface area (Å²) in [6.45, 7) is 0. The molecule has 2 fully saturated rings. The molecule has 0 aromatic carbocycles. The van der Waals surface area contributed by atoms with E-state index >= 15 is 0 Å². The zero-order chi connectivity index (χ0) is 14.5. The Balaban J connectivity index is 1.82. The number of hydrogen-bond donors (Lipinski definition) is 0. The molecule has 1 aliphatic heterocycles. The predicted molar refractivity (Wildman–Crippen MR) is 79.6 cm³/mol. The number of nitrogens with zero attached hydrogens (tertiary/aromatic N) is 2. The van der Waals surface area contributed by atoms with E-state index in [0.29, 0.717) is 18.2 Å². The van der Waals surface area contributed by atoms with Gasteiger partial charge in [-0.3, -0.25) is 4.79 Å². The van der Waals surface area contributed by atoms with E-state index in [4.69, 9.17) is 0 Å². The van der Waals surface area contributed by atoms with Gasteiger partial charge in [0.05, 0.1) is 11.5 Å². The summed E-state index contributed by atoms with van der Waals surface area (Å²) in [5.74, 6) is 0.174. The Labute approximate surface area is 127 Å². The van der Waals surface area contributed by atoms with E-state index in [-0.39, 0.29) is 23.5 Å². The molecule has 2 heterocycles. The van der Waals surface area contributed by atoms with Gasteiger partial charge in [-0.25, -0.2) is 8.42 Å². The first-order valence-corrected chi connectivity index (χ1v) is 9.34. The van der Waals surface area contributed by atoms with Crippen LogP contribution in [0.25, 0.3) is 0 Å². The number of aromatic nitrogens is 1. The third kappa shape index (κ3) is 2.65. The highest BCUT2D eigenvalue weighted by molar-refractivity contribution is 9.10. The monoisotopic (exact) mass is 360 g/mol. The minimum absolute atomic E-state index is 0.0839. The second-order valence-electron chi connectivity index (χ2n) is 5.65. The molecule has 1 unspecified atom stereocenters. The number of amides is 1. The van der Waals surface area contributed by atoms with Crippen molar-refractivity contribution in [1.29, 1.82) is 0 Å². The van der Waals surface area contributed by atoms with Gasteiger partial charge in [-0.2, -0.15) is 0 Å². The summed E-state index contributed by atoms with van der Waals surface area (Å²) in [6, 6.07) is 2.04. The number of halogens is 1. The largest absolute Gasteiger partial charge is 0.339 e. The second-order valence-corrected chi connectivity index (χ2v) is 8.80. The molecule has 1 aromatic heterocycles. The van der Waals surface area contributed by atoms with Crippen LogP contribution in [0.2, 0.25) is 0 Å². The van der Waals surface area contributed by atoms with Gasteiger partial charge < -0.3 is 9.47 Å². The number of rotatable bonds is 3. The maximum atomic E-state index is 12.6. The van der Waals surface area contributed by atoms with Crippen molar-refractivity contribution in [3.8, 4) is 0 Å². The third-order valence-corrected chi connectivity index (χ3v) is 6.24. The van der Waals surface area contributed by atoms with Crippen molar-refractivity contribution in [1.82, 2.24) is 9.47 Å². The minimum atomic E-state index is -2.98. The van der Waals surface area contributed by atoms with Gasteiger partial charge in [0.25, 0.3) is 5.91 Å². The van der Waals surface area contributed by atoms with E-state index in [0.717, 1.165) is 17.3 Å². The van der Waals surface area contributed by atoms with Gasteiger partial charge >= 0.3 is 0 Å². The van der Waals surface area contributed by atoms with E-state index < -0.39 is 9.84 Å². The fraction of sp³-hybridized carbons (Fsp3) is 0.615. The maximum Gasteiger partial charge on any atom is 0.270 e. The lowest BCUT2D eigenvalue weighted by Gasteiger charge is -2.24. The van der Waals surface area contributed by atoms with Crippen LogP contribution in [-0.4, -0.2) is 48.4 Å². The molecular formula is C13H17BrN2O3S. The molecule has 0 N–H and O–H groups in total. The number of sulfone groups is 1. The normalized spacial score (nSPS) is 24.8. The number of carbonyl (C=O) groups excluding carboxylic acids is 1. The topological polar surface area (TPSA) is 59.4 Å². The van der Waals surface area contributed by atoms with Gasteiger partial charge in [0.2, 0.25) is 0 Å². The molecule has 1 saturated heterocycles. The Morgan fingerprint density at radius 2 is 2.10 bits per heavy atom. The highest BCUT2D eigenvalue weighted by Crippen LogP contribution is 2.38. The summed E-state index contributed by atoms with van der Waals surface area (Å²) < 4.78 is 26.0. The number of hydrogen-bond acceptors (Lipinski definition) is 3. The SMILES string of the molecule is CN(C(=O)c1cc(Br)cn1C1CC1)C1CCS(=O)(=O)C1. The lowest BCUT2D eigenvalue weighted by atomic mass is 10.2. The van der Waals surface area contributed by atoms with Crippen LogP contribution in [0, 0.1) is 0 Å². The summed E-state index contributed by atoms with van der Waals surface area (Å²) in [5, 5.41) is 0. The minimum Gasteiger partial charge on any atom is -0.339 e. The van der Waals surface area contributed by atoms with Crippen LogP contribution in [-0.2, 0) is 9.84 Å². The quantitative estimate of drug-likeness (QED) is 0.826. The van der Waals surface area contributed by atoms with Crippen LogP contribution in [0.5, 0.6) is 0 Å². The van der Waals surface area contributed by atoms with Crippen LogP contribution in [0.15, 0.2) is 16.7 Å². The van der Waals surface area contributed by atoms with Crippen molar-refractivity contribution in [2.45, 2.75) is 31.3 Å². The zero-order valence-electron chi connectivity index (χ0n) is 11.3. The number of carbonyl (C=O) groups is 1. The fourth-order valence-electron chi connectivity index (χ4n) is 2.70. The molecule has 1 atom stereocenters. The van der Waals surface area contributed by atoms with Crippen molar-refractivity contribution in [3.05, 3.63) is 22.4 Å². The smallest absolute Gasteiger partial charge is 0.270 e. The molecule has 7 heteroatoms. The molecule has 20 heavy (non-hydrogen) atoms. The third-order valence-electron chi connectivity index (χ3n) is 4.05. The van der Waals surface area contributed by atoms with E-state index in [1.54, 1.807) is 11.9 Å². The maximum absolute atomic E-state index is 12.6. The van der Waals surface area contributed by atoms with Crippen molar-refractivity contribution < 1.29 is 13.2 Å². The molecule has 1 aliphatic carbocycles. The van der Waals surface area contributed by atoms with Crippen LogP contribution < -0.4 is 0 Å². The van der Waals surface area contributed by atoms with Crippen LogP contribution in [0.1, 0.15) is 35.8 Å². The molecular weight excluding hydrogens is 344 g/mol. The fourth-order valence-corrected chi connectivity index (χ4v) is 4.91. The van der Waals surface area contributed by atoms with Gasteiger partial charge in [-0.05, 0) is 41.3 Å². The molecule has 1 aromatic rings. The van der Waals surface area contributed by atoms with E-state index in [1.807, 2.05) is 16.8 Å². The molecule has 5 nitrogen and oxygen atoms in total. The Hall–Kier alpha value is -0.820. The zero-order valence-corrected chi connectivity index (χ0v) is 13.7. The van der Waals surface area contributed by atoms with E-state index in [2.05, 4.69) is 15.9 Å². The van der Waals surface area contributed by atoms with Gasteiger partial charge in [0.15, 0.2) is 9.84 Å². The Morgan fingerprint density at radius 3 is 2.65 bits per heavy atom. The molecule has 3 rings (SSSR count). The van der Waals surface area contributed by atoms with E-state index in [1.165, 1.54) is 0 Å². The Kier molecular flexibility index (Phi) is 3.44. The summed E-state index contributed by atoms with van der Waals surface area (Å²) >= 11 is 3.41. The first-order chi connectivity index (χ1) is 9.37. The molecule has 0 spiro atoms. The summed E-state index contributed by atoms with van der Waals surface area (Å²) in [7, 11) is -1.27. The highest BCUT2D eigenvalue weighted by atomic mass is 79.9. The lowest BCUT2D eigenvalue weighted by Crippen LogP contribution is -2.38. The van der Waals surface area contributed by atoms with Crippen molar-refractivity contribution in [2.24, 2.45) is 0 Å². The van der Waals surface area contributed by atoms with Gasteiger partial charge in [0.1, 0.15) is 5.69 Å². The van der Waals surface area contributed by atoms with Crippen LogP contribution >= 0.6 is 15.9 Å². The standard InChI is InChI=1S/C13H17BrN2O3S/c1-15(11-4-5-20(18,19)8-11)13(17)12-6-9(14)7-16(12)10-2-3-10/h6-7,10-11H,2-5,8H2,1H3. The lowest BCUT2D eigenvalue weighted by molar-refractivity contribution is 0.0736. The van der Waals surface area contributed by atoms with Gasteiger partial charge in [0, 0.05) is 29.8 Å².